The average Bonchev–Trinajstić information content (AvgIpc) is 3.38. The second kappa shape index (κ2) is 39.7. The normalized spacial score (nSPS) is 14.7. The minimum absolute atomic E-state index is 0.0165. The van der Waals surface area contributed by atoms with E-state index in [0.717, 1.165) is 5.56 Å². The summed E-state index contributed by atoms with van der Waals surface area (Å²) < 4.78 is 0. The van der Waals surface area contributed by atoms with Gasteiger partial charge in [0.05, 0.1) is 37.0 Å². The number of rotatable bonds is 45. The zero-order valence-corrected chi connectivity index (χ0v) is 51.9. The SMILES string of the molecule is CC[C@@H](Cc1ccc(O)cc1)C(=O)N[C@@H](CCCN=C(N)N)C(=O)C[C@@H](Cc1cnc[nH]1)C(=O)N[C@@H](CCCN=C(N)N)C(=O)C[C@H](CCCN=C(N)N)C(=O)N[C@@H](CC(C)C)C(=O)C[C@@H](CC(C)C)C(=O)N[C@@H](CO)C(=O)C[C@H](C(N)=O)[C@@H](C)CC. The van der Waals surface area contributed by atoms with Crippen molar-refractivity contribution in [2.24, 2.45) is 102 Å². The number of phenols is 1. The number of carbonyl (C=O) groups excluding carboxylic acids is 9. The van der Waals surface area contributed by atoms with Gasteiger partial charge in [-0.3, -0.25) is 58.1 Å². The second-order valence-corrected chi connectivity index (χ2v) is 23.5. The number of aromatic amines is 1. The molecule has 27 nitrogen and oxygen atoms in total. The van der Waals surface area contributed by atoms with Gasteiger partial charge in [0.2, 0.25) is 29.5 Å². The lowest BCUT2D eigenvalue weighted by atomic mass is 9.85. The van der Waals surface area contributed by atoms with E-state index < -0.39 is 126 Å². The highest BCUT2D eigenvalue weighted by Gasteiger charge is 2.37. The molecular formula is C60H100N16O11. The number of amides is 5. The number of aromatic hydroxyl groups is 1. The Bertz CT molecular complexity index is 2600. The van der Waals surface area contributed by atoms with Crippen LogP contribution in [-0.2, 0) is 56.0 Å². The average molecular weight is 1220 g/mol. The predicted octanol–water partition coefficient (Wildman–Crippen LogP) is 0.944. The number of guanidine groups is 3. The summed E-state index contributed by atoms with van der Waals surface area (Å²) >= 11 is 0. The first-order chi connectivity index (χ1) is 41.1. The number of nitrogens with two attached hydrogens (primary N) is 7. The third kappa shape index (κ3) is 29.3. The molecule has 1 aromatic heterocycles. The molecule has 5 amide bonds. The Balaban J connectivity index is 2.57. The number of benzene rings is 1. The lowest BCUT2D eigenvalue weighted by Gasteiger charge is -2.27. The van der Waals surface area contributed by atoms with Gasteiger partial charge >= 0.3 is 0 Å². The third-order valence-electron chi connectivity index (χ3n) is 15.2. The molecule has 0 aliphatic rings. The molecule has 1 heterocycles. The summed E-state index contributed by atoms with van der Waals surface area (Å²) in [5.74, 6) is -11.0. The standard InChI is InChI=1S/C60H100N16O11/c1-8-36(7)44(53(61)83)30-52(82)48(32-77)76-56(86)40(23-34(3)4)28-51(81)47(24-35(5)6)75-55(85)39(13-10-20-69-58(62)63)27-49(79)45(14-11-21-70-59(64)65)74-57(87)41(26-42-31-68-33-72-42)29-50(80)46(15-12-22-71-60(66)67)73-54(84)38(9-2)25-37-16-18-43(78)19-17-37/h16-19,31,33-36,38-41,44-48,77-78H,8-15,20-30,32H2,1-7H3,(H2,61,83)(H,68,72)(H,73,84)(H,74,87)(H,75,85)(H,76,86)(H4,62,63,69)(H4,64,65,70)(H4,66,67,71)/t36-,38-,39-,40+,41+,44-,45-,46-,47-,48-/m0/s1. The van der Waals surface area contributed by atoms with Gasteiger partial charge in [-0.05, 0) is 99.7 Å². The molecule has 0 saturated carbocycles. The molecule has 0 unspecified atom stereocenters. The number of carbonyl (C=O) groups is 9. The number of phenolic OH excluding ortho intramolecular Hbond substituents is 1. The first-order valence-electron chi connectivity index (χ1n) is 30.2. The summed E-state index contributed by atoms with van der Waals surface area (Å²) in [7, 11) is 0. The van der Waals surface area contributed by atoms with Crippen LogP contribution in [-0.4, -0.2) is 141 Å². The zero-order valence-electron chi connectivity index (χ0n) is 51.9. The van der Waals surface area contributed by atoms with E-state index in [9.17, 15) is 53.4 Å². The number of Topliss-reactive ketones (excluding diaryl/α,β-unsaturated/α-hetero) is 4. The molecule has 27 heteroatoms. The molecule has 0 aliphatic heterocycles. The first kappa shape index (κ1) is 75.1. The molecule has 0 saturated heterocycles. The van der Waals surface area contributed by atoms with E-state index in [1.54, 1.807) is 19.1 Å². The van der Waals surface area contributed by atoms with Gasteiger partial charge in [-0.2, -0.15) is 0 Å². The van der Waals surface area contributed by atoms with E-state index in [0.29, 0.717) is 25.0 Å². The molecule has 1 aromatic carbocycles. The molecule has 87 heavy (non-hydrogen) atoms. The molecular weight excluding hydrogens is 1120 g/mol. The summed E-state index contributed by atoms with van der Waals surface area (Å²) in [6, 6.07) is 1.56. The van der Waals surface area contributed by atoms with E-state index in [1.165, 1.54) is 24.7 Å². The number of imidazole rings is 1. The number of aromatic nitrogens is 2. The van der Waals surface area contributed by atoms with Gasteiger partial charge < -0.3 is 76.6 Å². The molecule has 0 fully saturated rings. The number of ketones is 4. The number of hydrogen-bond donors (Lipinski definition) is 14. The highest BCUT2D eigenvalue weighted by molar-refractivity contribution is 5.98. The van der Waals surface area contributed by atoms with Crippen molar-refractivity contribution in [1.82, 2.24) is 31.2 Å². The minimum atomic E-state index is -1.38. The van der Waals surface area contributed by atoms with Gasteiger partial charge in [0.15, 0.2) is 41.0 Å². The van der Waals surface area contributed by atoms with Crippen molar-refractivity contribution in [2.45, 2.75) is 175 Å². The van der Waals surface area contributed by atoms with E-state index in [4.69, 9.17) is 40.1 Å². The molecule has 486 valence electrons. The van der Waals surface area contributed by atoms with Gasteiger partial charge in [0.1, 0.15) is 11.8 Å². The quantitative estimate of drug-likeness (QED) is 0.0249. The highest BCUT2D eigenvalue weighted by atomic mass is 16.3. The number of nitrogens with one attached hydrogen (secondary N) is 5. The topological polar surface area (TPSA) is 490 Å². The molecule has 0 spiro atoms. The van der Waals surface area contributed by atoms with Crippen molar-refractivity contribution in [1.29, 1.82) is 0 Å². The fraction of sp³-hybridized carbons (Fsp3) is 0.650. The Morgan fingerprint density at radius 2 is 0.966 bits per heavy atom. The van der Waals surface area contributed by atoms with Crippen molar-refractivity contribution >= 4 is 70.5 Å². The van der Waals surface area contributed by atoms with Crippen LogP contribution >= 0.6 is 0 Å². The van der Waals surface area contributed by atoms with E-state index in [2.05, 4.69) is 46.2 Å². The lowest BCUT2D eigenvalue weighted by Crippen LogP contribution is -2.50. The van der Waals surface area contributed by atoms with E-state index >= 15 is 0 Å². The molecule has 21 N–H and O–H groups in total. The Morgan fingerprint density at radius 3 is 1.43 bits per heavy atom. The van der Waals surface area contributed by atoms with E-state index in [1.807, 2.05) is 41.5 Å². The summed E-state index contributed by atoms with van der Waals surface area (Å²) in [6.45, 7) is 12.4. The molecule has 0 radical (unpaired) electrons. The van der Waals surface area contributed by atoms with Gasteiger partial charge in [-0.1, -0.05) is 67.0 Å². The van der Waals surface area contributed by atoms with Crippen LogP contribution in [0.3, 0.4) is 0 Å². The Kier molecular flexibility index (Phi) is 34.3. The smallest absolute Gasteiger partial charge is 0.224 e. The maximum absolute atomic E-state index is 14.8. The largest absolute Gasteiger partial charge is 0.508 e. The van der Waals surface area contributed by atoms with Crippen LogP contribution in [0.15, 0.2) is 51.8 Å². The number of hydrogen-bond acceptors (Lipinski definition) is 15. The van der Waals surface area contributed by atoms with Crippen LogP contribution in [0.4, 0.5) is 0 Å². The Labute approximate surface area is 511 Å². The van der Waals surface area contributed by atoms with Crippen molar-refractivity contribution in [3.05, 3.63) is 48.0 Å². The van der Waals surface area contributed by atoms with Crippen LogP contribution in [0.25, 0.3) is 0 Å². The fourth-order valence-electron chi connectivity index (χ4n) is 10.1. The Morgan fingerprint density at radius 1 is 0.529 bits per heavy atom. The Hall–Kier alpha value is -7.97. The first-order valence-corrected chi connectivity index (χ1v) is 30.2. The van der Waals surface area contributed by atoms with Crippen molar-refractivity contribution < 1.29 is 53.4 Å². The maximum Gasteiger partial charge on any atom is 0.224 e. The lowest BCUT2D eigenvalue weighted by molar-refractivity contribution is -0.136. The monoisotopic (exact) mass is 1220 g/mol. The van der Waals surface area contributed by atoms with Crippen molar-refractivity contribution in [3.8, 4) is 5.75 Å². The zero-order chi connectivity index (χ0) is 65.3. The summed E-state index contributed by atoms with van der Waals surface area (Å²) in [5.41, 5.74) is 40.5. The number of aliphatic imine (C=N–C) groups is 3. The van der Waals surface area contributed by atoms with Crippen LogP contribution in [0.1, 0.15) is 150 Å². The molecule has 2 rings (SSSR count). The van der Waals surface area contributed by atoms with Crippen LogP contribution < -0.4 is 61.4 Å². The van der Waals surface area contributed by atoms with Crippen LogP contribution in [0, 0.1) is 47.3 Å². The molecule has 0 aliphatic carbocycles. The molecule has 10 atom stereocenters. The van der Waals surface area contributed by atoms with Gasteiger partial charge in [0, 0.05) is 87.3 Å². The third-order valence-corrected chi connectivity index (χ3v) is 15.2. The summed E-state index contributed by atoms with van der Waals surface area (Å²) in [6.07, 6.45) is 3.74. The minimum Gasteiger partial charge on any atom is -0.508 e. The number of H-pyrrole nitrogens is 1. The van der Waals surface area contributed by atoms with Gasteiger partial charge in [-0.25, -0.2) is 4.98 Å². The summed E-state index contributed by atoms with van der Waals surface area (Å²) in [4.78, 5) is 146. The molecule has 2 aromatic rings. The fourth-order valence-corrected chi connectivity index (χ4v) is 10.1. The predicted molar refractivity (Wildman–Crippen MR) is 332 cm³/mol. The number of aliphatic hydroxyl groups excluding tert-OH is 1. The number of aliphatic hydroxyl groups is 1. The van der Waals surface area contributed by atoms with Gasteiger partial charge in [-0.15, -0.1) is 0 Å². The van der Waals surface area contributed by atoms with Crippen molar-refractivity contribution in [2.75, 3.05) is 26.2 Å². The van der Waals surface area contributed by atoms with E-state index in [-0.39, 0.29) is 132 Å². The van der Waals surface area contributed by atoms with Crippen molar-refractivity contribution in [3.63, 3.8) is 0 Å². The maximum atomic E-state index is 14.8. The van der Waals surface area contributed by atoms with Crippen LogP contribution in [0.2, 0.25) is 0 Å². The number of primary amides is 1. The number of nitrogens with zero attached hydrogens (tertiary/aromatic N) is 4. The van der Waals surface area contributed by atoms with Crippen LogP contribution in [0.5, 0.6) is 5.75 Å². The highest BCUT2D eigenvalue weighted by Crippen LogP contribution is 2.25. The van der Waals surface area contributed by atoms with Gasteiger partial charge in [0.25, 0.3) is 0 Å². The molecule has 0 bridgehead atoms. The second-order valence-electron chi connectivity index (χ2n) is 23.5. The summed E-state index contributed by atoms with van der Waals surface area (Å²) in [5, 5.41) is 31.3.